The highest BCUT2D eigenvalue weighted by Crippen LogP contribution is 2.30. The summed E-state index contributed by atoms with van der Waals surface area (Å²) in [6, 6.07) is 9.68. The number of halogens is 6. The average molecular weight is 444 g/mol. The van der Waals surface area contributed by atoms with E-state index in [0.29, 0.717) is 11.1 Å². The first-order chi connectivity index (χ1) is 14.1. The molecule has 0 aliphatic rings. The van der Waals surface area contributed by atoms with Crippen LogP contribution in [0.4, 0.5) is 22.0 Å². The summed E-state index contributed by atoms with van der Waals surface area (Å²) >= 11 is 5.91. The first kappa shape index (κ1) is 21.8. The van der Waals surface area contributed by atoms with E-state index in [1.54, 1.807) is 12.1 Å². The van der Waals surface area contributed by atoms with E-state index < -0.39 is 35.3 Å². The molecule has 1 amide bonds. The molecule has 0 aliphatic carbocycles. The van der Waals surface area contributed by atoms with Gasteiger partial charge in [-0.05, 0) is 37.3 Å². The lowest BCUT2D eigenvalue weighted by atomic mass is 9.99. The van der Waals surface area contributed by atoms with Crippen LogP contribution in [0.15, 0.2) is 48.5 Å². The van der Waals surface area contributed by atoms with Gasteiger partial charge in [-0.15, -0.1) is 0 Å². The molecule has 0 radical (unpaired) electrons. The Morgan fingerprint density at radius 2 is 1.90 bits per heavy atom. The smallest absolute Gasteiger partial charge is 0.350 e. The molecule has 0 saturated carbocycles. The lowest BCUT2D eigenvalue weighted by molar-refractivity contribution is -0.141. The van der Waals surface area contributed by atoms with E-state index in [0.717, 1.165) is 22.9 Å². The summed E-state index contributed by atoms with van der Waals surface area (Å²) in [6.07, 6.45) is -4.69. The number of carbonyl (C=O) groups is 1. The molecule has 1 N–H and O–H groups in total. The van der Waals surface area contributed by atoms with Gasteiger partial charge in [0.1, 0.15) is 11.6 Å². The maximum atomic E-state index is 13.9. The predicted molar refractivity (Wildman–Crippen MR) is 100 cm³/mol. The Bertz CT molecular complexity index is 1080. The number of amides is 1. The fraction of sp³-hybridized carbons (Fsp3) is 0.200. The molecule has 3 aromatic rings. The van der Waals surface area contributed by atoms with Crippen molar-refractivity contribution >= 4 is 17.5 Å². The van der Waals surface area contributed by atoms with Crippen molar-refractivity contribution in [2.75, 3.05) is 0 Å². The number of nitrogens with zero attached hydrogens (tertiary/aromatic N) is 2. The van der Waals surface area contributed by atoms with Crippen molar-refractivity contribution in [3.63, 3.8) is 0 Å². The summed E-state index contributed by atoms with van der Waals surface area (Å²) in [5.74, 6) is -3.31. The second-order valence-electron chi connectivity index (χ2n) is 6.52. The van der Waals surface area contributed by atoms with Gasteiger partial charge in [-0.2, -0.15) is 18.3 Å². The van der Waals surface area contributed by atoms with E-state index in [4.69, 9.17) is 11.6 Å². The molecule has 4 nitrogen and oxygen atoms in total. The van der Waals surface area contributed by atoms with Crippen molar-refractivity contribution in [3.8, 4) is 5.69 Å². The zero-order valence-corrected chi connectivity index (χ0v) is 16.2. The van der Waals surface area contributed by atoms with Crippen LogP contribution in [-0.2, 0) is 17.5 Å². The van der Waals surface area contributed by atoms with Crippen LogP contribution in [0.2, 0.25) is 5.02 Å². The van der Waals surface area contributed by atoms with Gasteiger partial charge in [0.05, 0.1) is 23.8 Å². The third-order valence-electron chi connectivity index (χ3n) is 4.39. The van der Waals surface area contributed by atoms with Crippen LogP contribution < -0.4 is 5.32 Å². The molecule has 2 aromatic carbocycles. The summed E-state index contributed by atoms with van der Waals surface area (Å²) in [4.78, 5) is 12.4. The van der Waals surface area contributed by atoms with Gasteiger partial charge in [0, 0.05) is 16.7 Å². The van der Waals surface area contributed by atoms with Crippen molar-refractivity contribution < 1.29 is 26.7 Å². The zero-order valence-electron chi connectivity index (χ0n) is 15.5. The molecular formula is C20H15ClF5N3O. The zero-order chi connectivity index (χ0) is 22.1. The number of hydrogen-bond donors (Lipinski definition) is 1. The van der Waals surface area contributed by atoms with Gasteiger partial charge in [-0.1, -0.05) is 23.7 Å². The SMILES string of the molecule is CC(C(=O)NCc1cc(C(F)(F)F)nn1-c1cccc(Cl)c1)c1ccc(F)cc1F. The Kier molecular flexibility index (Phi) is 6.12. The van der Waals surface area contributed by atoms with Crippen LogP contribution >= 0.6 is 11.6 Å². The van der Waals surface area contributed by atoms with E-state index >= 15 is 0 Å². The minimum absolute atomic E-state index is 0.0340. The second kappa shape index (κ2) is 8.43. The van der Waals surface area contributed by atoms with Crippen LogP contribution in [0.3, 0.4) is 0 Å². The third kappa shape index (κ3) is 4.79. The number of aromatic nitrogens is 2. The Morgan fingerprint density at radius 1 is 1.17 bits per heavy atom. The lowest BCUT2D eigenvalue weighted by Gasteiger charge is -2.14. The van der Waals surface area contributed by atoms with Crippen LogP contribution in [0.5, 0.6) is 0 Å². The fourth-order valence-electron chi connectivity index (χ4n) is 2.84. The van der Waals surface area contributed by atoms with Crippen molar-refractivity contribution in [1.82, 2.24) is 15.1 Å². The molecule has 3 rings (SSSR count). The van der Waals surface area contributed by atoms with Crippen molar-refractivity contribution in [1.29, 1.82) is 0 Å². The van der Waals surface area contributed by atoms with Gasteiger partial charge < -0.3 is 5.32 Å². The van der Waals surface area contributed by atoms with Gasteiger partial charge in [-0.25, -0.2) is 13.5 Å². The maximum Gasteiger partial charge on any atom is 0.435 e. The minimum atomic E-state index is -4.69. The summed E-state index contributed by atoms with van der Waals surface area (Å²) in [5, 5.41) is 6.34. The Balaban J connectivity index is 1.85. The summed E-state index contributed by atoms with van der Waals surface area (Å²) in [5.41, 5.74) is -0.845. The number of rotatable bonds is 5. The monoisotopic (exact) mass is 443 g/mol. The van der Waals surface area contributed by atoms with Gasteiger partial charge in [-0.3, -0.25) is 4.79 Å². The largest absolute Gasteiger partial charge is 0.435 e. The fourth-order valence-corrected chi connectivity index (χ4v) is 3.02. The minimum Gasteiger partial charge on any atom is -0.350 e. The summed E-state index contributed by atoms with van der Waals surface area (Å²) in [6.45, 7) is 1.10. The van der Waals surface area contributed by atoms with Crippen molar-refractivity contribution in [2.45, 2.75) is 25.6 Å². The molecule has 0 fully saturated rings. The maximum absolute atomic E-state index is 13.9. The van der Waals surface area contributed by atoms with Crippen molar-refractivity contribution in [3.05, 3.63) is 82.1 Å². The number of nitrogens with one attached hydrogen (secondary N) is 1. The summed E-state index contributed by atoms with van der Waals surface area (Å²) in [7, 11) is 0. The van der Waals surface area contributed by atoms with E-state index in [2.05, 4.69) is 10.4 Å². The predicted octanol–water partition coefficient (Wildman–Crippen LogP) is 5.24. The summed E-state index contributed by atoms with van der Waals surface area (Å²) < 4.78 is 67.4. The second-order valence-corrected chi connectivity index (χ2v) is 6.95. The highest BCUT2D eigenvalue weighted by Gasteiger charge is 2.35. The molecule has 0 spiro atoms. The topological polar surface area (TPSA) is 46.9 Å². The van der Waals surface area contributed by atoms with Crippen LogP contribution in [0.25, 0.3) is 5.69 Å². The molecular weight excluding hydrogens is 429 g/mol. The average Bonchev–Trinajstić information content (AvgIpc) is 3.10. The van der Waals surface area contributed by atoms with E-state index in [-0.39, 0.29) is 23.5 Å². The molecule has 10 heteroatoms. The molecule has 1 atom stereocenters. The molecule has 0 bridgehead atoms. The Morgan fingerprint density at radius 3 is 2.53 bits per heavy atom. The molecule has 158 valence electrons. The first-order valence-electron chi connectivity index (χ1n) is 8.71. The number of carbonyl (C=O) groups excluding carboxylic acids is 1. The third-order valence-corrected chi connectivity index (χ3v) is 4.63. The molecule has 1 aromatic heterocycles. The number of alkyl halides is 3. The van der Waals surface area contributed by atoms with Gasteiger partial charge >= 0.3 is 6.18 Å². The quantitative estimate of drug-likeness (QED) is 0.548. The van der Waals surface area contributed by atoms with Crippen molar-refractivity contribution in [2.24, 2.45) is 0 Å². The van der Waals surface area contributed by atoms with Crippen LogP contribution in [0.1, 0.15) is 29.8 Å². The first-order valence-corrected chi connectivity index (χ1v) is 9.09. The molecule has 0 saturated heterocycles. The van der Waals surface area contributed by atoms with Crippen LogP contribution in [-0.4, -0.2) is 15.7 Å². The highest BCUT2D eigenvalue weighted by atomic mass is 35.5. The van der Waals surface area contributed by atoms with Gasteiger partial charge in [0.15, 0.2) is 5.69 Å². The van der Waals surface area contributed by atoms with Crippen LogP contribution in [0, 0.1) is 11.6 Å². The Hall–Kier alpha value is -2.94. The van der Waals surface area contributed by atoms with E-state index in [1.807, 2.05) is 0 Å². The standard InChI is InChI=1S/C20H15ClF5N3O/c1-11(16-6-5-13(22)8-17(16)23)19(30)27-10-15-9-18(20(24,25)26)28-29(15)14-4-2-3-12(21)7-14/h2-9,11H,10H2,1H3,(H,27,30). The normalized spacial score (nSPS) is 12.6. The van der Waals surface area contributed by atoms with E-state index in [9.17, 15) is 26.7 Å². The molecule has 0 aliphatic heterocycles. The highest BCUT2D eigenvalue weighted by molar-refractivity contribution is 6.30. The van der Waals surface area contributed by atoms with Gasteiger partial charge in [0.2, 0.25) is 5.91 Å². The number of benzene rings is 2. The van der Waals surface area contributed by atoms with Gasteiger partial charge in [0.25, 0.3) is 0 Å². The number of hydrogen-bond acceptors (Lipinski definition) is 2. The van der Waals surface area contributed by atoms with E-state index in [1.165, 1.54) is 19.1 Å². The Labute approximate surface area is 173 Å². The molecule has 30 heavy (non-hydrogen) atoms. The molecule has 1 heterocycles. The molecule has 1 unspecified atom stereocenters. The lowest BCUT2D eigenvalue weighted by Crippen LogP contribution is -2.29.